The minimum Gasteiger partial charge on any atom is -0.494 e. The van der Waals surface area contributed by atoms with Crippen LogP contribution in [0.1, 0.15) is 64.5 Å². The molecule has 2 amide bonds. The summed E-state index contributed by atoms with van der Waals surface area (Å²) in [5.74, 6) is 0.147. The normalized spacial score (nSPS) is 20.7. The molecular formula is C28H33N3O3S. The number of hydrogen-bond donors (Lipinski definition) is 1. The summed E-state index contributed by atoms with van der Waals surface area (Å²) in [6, 6.07) is 13.3. The van der Waals surface area contributed by atoms with Gasteiger partial charge in [-0.15, -0.1) is 0 Å². The first-order chi connectivity index (χ1) is 16.7. The summed E-state index contributed by atoms with van der Waals surface area (Å²) in [7, 11) is 0. The molecule has 1 N–H and O–H groups in total. The minimum absolute atomic E-state index is 0.0571. The Labute approximate surface area is 212 Å². The smallest absolute Gasteiger partial charge is 0.270 e. The number of hydrogen-bond acceptors (Lipinski definition) is 5. The van der Waals surface area contributed by atoms with Gasteiger partial charge in [-0.05, 0) is 105 Å². The fourth-order valence-electron chi connectivity index (χ4n) is 5.16. The summed E-state index contributed by atoms with van der Waals surface area (Å²) in [5, 5.41) is 2.73. The predicted molar refractivity (Wildman–Crippen MR) is 145 cm³/mol. The third-order valence-corrected chi connectivity index (χ3v) is 6.96. The summed E-state index contributed by atoms with van der Waals surface area (Å²) in [5.41, 5.74) is 4.01. The van der Waals surface area contributed by atoms with Crippen molar-refractivity contribution >= 4 is 46.6 Å². The molecule has 2 heterocycles. The molecule has 0 saturated carbocycles. The van der Waals surface area contributed by atoms with E-state index in [0.717, 1.165) is 24.9 Å². The second-order valence-electron chi connectivity index (χ2n) is 9.77. The molecule has 0 aliphatic carbocycles. The van der Waals surface area contributed by atoms with Crippen molar-refractivity contribution in [3.05, 3.63) is 59.2 Å². The Morgan fingerprint density at radius 3 is 2.51 bits per heavy atom. The van der Waals surface area contributed by atoms with Gasteiger partial charge in [-0.1, -0.05) is 19.9 Å². The number of ether oxygens (including phenoxy) is 1. The Bertz CT molecular complexity index is 1190. The van der Waals surface area contributed by atoms with E-state index in [9.17, 15) is 9.59 Å². The lowest BCUT2D eigenvalue weighted by atomic mass is 9.79. The molecule has 2 aromatic carbocycles. The van der Waals surface area contributed by atoms with E-state index in [1.165, 1.54) is 16.2 Å². The van der Waals surface area contributed by atoms with E-state index in [2.05, 4.69) is 50.0 Å². The van der Waals surface area contributed by atoms with Gasteiger partial charge in [-0.2, -0.15) is 0 Å². The standard InChI is InChI=1S/C28H33N3O3S/c1-6-14-30-24-13-8-19(15-22(24)18(3)17-28(30,4)5)16-23-25(32)29-27(35)31(26(23)33)20-9-11-21(12-10-20)34-7-2/h8-13,15-16,18H,6-7,14,17H2,1-5H3,(H,29,32,35)/b23-16-. The molecule has 6 nitrogen and oxygen atoms in total. The Balaban J connectivity index is 1.68. The summed E-state index contributed by atoms with van der Waals surface area (Å²) in [4.78, 5) is 30.0. The molecule has 1 saturated heterocycles. The number of nitrogens with zero attached hydrogens (tertiary/aromatic N) is 2. The molecule has 35 heavy (non-hydrogen) atoms. The first-order valence-electron chi connectivity index (χ1n) is 12.2. The van der Waals surface area contributed by atoms with Crippen LogP contribution in [0.15, 0.2) is 48.0 Å². The first-order valence-corrected chi connectivity index (χ1v) is 12.6. The van der Waals surface area contributed by atoms with Gasteiger partial charge in [0.25, 0.3) is 11.8 Å². The lowest BCUT2D eigenvalue weighted by Gasteiger charge is -2.47. The lowest BCUT2D eigenvalue weighted by molar-refractivity contribution is -0.122. The number of nitrogens with one attached hydrogen (secondary N) is 1. The fraction of sp³-hybridized carbons (Fsp3) is 0.393. The van der Waals surface area contributed by atoms with Gasteiger partial charge in [0.1, 0.15) is 11.3 Å². The zero-order valence-corrected chi connectivity index (χ0v) is 21.9. The monoisotopic (exact) mass is 491 g/mol. The summed E-state index contributed by atoms with van der Waals surface area (Å²) in [6.07, 6.45) is 3.77. The van der Waals surface area contributed by atoms with Gasteiger partial charge in [0.05, 0.1) is 12.3 Å². The van der Waals surface area contributed by atoms with Crippen molar-refractivity contribution in [1.82, 2.24) is 5.32 Å². The molecular weight excluding hydrogens is 458 g/mol. The molecule has 2 aromatic rings. The van der Waals surface area contributed by atoms with Crippen LogP contribution in [-0.2, 0) is 9.59 Å². The number of anilines is 2. The van der Waals surface area contributed by atoms with Gasteiger partial charge in [-0.3, -0.25) is 19.8 Å². The quantitative estimate of drug-likeness (QED) is 0.332. The van der Waals surface area contributed by atoms with Crippen molar-refractivity contribution in [2.45, 2.75) is 58.9 Å². The van der Waals surface area contributed by atoms with Crippen LogP contribution in [0.2, 0.25) is 0 Å². The molecule has 4 rings (SSSR count). The number of amides is 2. The molecule has 7 heteroatoms. The number of benzene rings is 2. The molecule has 0 bridgehead atoms. The highest BCUT2D eigenvalue weighted by Crippen LogP contribution is 2.43. The second kappa shape index (κ2) is 9.82. The maximum Gasteiger partial charge on any atom is 0.270 e. The largest absolute Gasteiger partial charge is 0.494 e. The van der Waals surface area contributed by atoms with E-state index in [0.29, 0.717) is 24.0 Å². The van der Waals surface area contributed by atoms with Gasteiger partial charge in [0, 0.05) is 17.8 Å². The van der Waals surface area contributed by atoms with Crippen molar-refractivity contribution in [3.8, 4) is 5.75 Å². The van der Waals surface area contributed by atoms with Gasteiger partial charge in [0.15, 0.2) is 5.11 Å². The summed E-state index contributed by atoms with van der Waals surface area (Å²) < 4.78 is 5.49. The average Bonchev–Trinajstić information content (AvgIpc) is 2.80. The van der Waals surface area contributed by atoms with Crippen molar-refractivity contribution in [2.24, 2.45) is 0 Å². The molecule has 0 aromatic heterocycles. The van der Waals surface area contributed by atoms with Crippen LogP contribution in [0.25, 0.3) is 6.08 Å². The van der Waals surface area contributed by atoms with Crippen LogP contribution in [0.5, 0.6) is 5.75 Å². The zero-order chi connectivity index (χ0) is 25.3. The van der Waals surface area contributed by atoms with E-state index < -0.39 is 11.8 Å². The van der Waals surface area contributed by atoms with Gasteiger partial charge >= 0.3 is 0 Å². The van der Waals surface area contributed by atoms with Gasteiger partial charge < -0.3 is 9.64 Å². The number of fused-ring (bicyclic) bond motifs is 1. The number of carbonyl (C=O) groups excluding carboxylic acids is 2. The number of rotatable bonds is 6. The highest BCUT2D eigenvalue weighted by atomic mass is 32.1. The van der Waals surface area contributed by atoms with Crippen LogP contribution < -0.4 is 19.9 Å². The van der Waals surface area contributed by atoms with Gasteiger partial charge in [0.2, 0.25) is 0 Å². The van der Waals surface area contributed by atoms with Crippen molar-refractivity contribution in [3.63, 3.8) is 0 Å². The van der Waals surface area contributed by atoms with E-state index >= 15 is 0 Å². The molecule has 0 spiro atoms. The molecule has 184 valence electrons. The molecule has 2 aliphatic rings. The van der Waals surface area contributed by atoms with Crippen LogP contribution in [0, 0.1) is 0 Å². The van der Waals surface area contributed by atoms with Crippen LogP contribution >= 0.6 is 12.2 Å². The Morgan fingerprint density at radius 2 is 1.86 bits per heavy atom. The van der Waals surface area contributed by atoms with Gasteiger partial charge in [-0.25, -0.2) is 0 Å². The lowest BCUT2D eigenvalue weighted by Crippen LogP contribution is -2.54. The Morgan fingerprint density at radius 1 is 1.14 bits per heavy atom. The maximum atomic E-state index is 13.4. The predicted octanol–water partition coefficient (Wildman–Crippen LogP) is 5.42. The highest BCUT2D eigenvalue weighted by molar-refractivity contribution is 7.80. The van der Waals surface area contributed by atoms with Crippen molar-refractivity contribution in [2.75, 3.05) is 23.0 Å². The highest BCUT2D eigenvalue weighted by Gasteiger charge is 2.37. The molecule has 1 unspecified atom stereocenters. The van der Waals surface area contributed by atoms with E-state index in [-0.39, 0.29) is 16.2 Å². The fourth-order valence-corrected chi connectivity index (χ4v) is 5.44. The van der Waals surface area contributed by atoms with E-state index in [4.69, 9.17) is 17.0 Å². The second-order valence-corrected chi connectivity index (χ2v) is 10.2. The Hall–Kier alpha value is -3.19. The number of carbonyl (C=O) groups is 2. The maximum absolute atomic E-state index is 13.4. The minimum atomic E-state index is -0.485. The topological polar surface area (TPSA) is 61.9 Å². The van der Waals surface area contributed by atoms with Crippen LogP contribution in [-0.4, -0.2) is 35.6 Å². The van der Waals surface area contributed by atoms with Crippen LogP contribution in [0.4, 0.5) is 11.4 Å². The first kappa shape index (κ1) is 24.9. The molecule has 2 aliphatic heterocycles. The van der Waals surface area contributed by atoms with Crippen molar-refractivity contribution < 1.29 is 14.3 Å². The SMILES string of the molecule is CCCN1c2ccc(/C=C3/C(=O)NC(=S)N(c4ccc(OCC)cc4)C3=O)cc2C(C)CC1(C)C. The third-order valence-electron chi connectivity index (χ3n) is 6.68. The van der Waals surface area contributed by atoms with E-state index in [1.54, 1.807) is 30.3 Å². The molecule has 1 atom stereocenters. The Kier molecular flexibility index (Phi) is 6.99. The van der Waals surface area contributed by atoms with Crippen molar-refractivity contribution in [1.29, 1.82) is 0 Å². The van der Waals surface area contributed by atoms with Crippen LogP contribution in [0.3, 0.4) is 0 Å². The third kappa shape index (κ3) is 4.82. The summed E-state index contributed by atoms with van der Waals surface area (Å²) >= 11 is 5.33. The number of thiocarbonyl (C=S) groups is 1. The molecule has 1 fully saturated rings. The molecule has 0 radical (unpaired) electrons. The van der Waals surface area contributed by atoms with E-state index in [1.807, 2.05) is 13.0 Å². The average molecular weight is 492 g/mol. The summed E-state index contributed by atoms with van der Waals surface area (Å²) in [6.45, 7) is 12.5. The zero-order valence-electron chi connectivity index (χ0n) is 21.1.